The number of hydrogen-bond acceptors (Lipinski definition) is 5. The fourth-order valence-electron chi connectivity index (χ4n) is 2.95. The van der Waals surface area contributed by atoms with Crippen molar-refractivity contribution >= 4 is 16.7 Å². The molecule has 0 atom stereocenters. The molecule has 4 rings (SSSR count). The fourth-order valence-corrected chi connectivity index (χ4v) is 2.95. The molecule has 0 amide bonds. The van der Waals surface area contributed by atoms with Crippen LogP contribution in [0.3, 0.4) is 0 Å². The van der Waals surface area contributed by atoms with E-state index in [4.69, 9.17) is 5.73 Å². The van der Waals surface area contributed by atoms with Gasteiger partial charge in [-0.05, 0) is 24.3 Å². The Kier molecular flexibility index (Phi) is 4.45. The van der Waals surface area contributed by atoms with Crippen molar-refractivity contribution in [1.29, 1.82) is 0 Å². The minimum atomic E-state index is -4.83. The average Bonchev–Trinajstić information content (AvgIpc) is 3.07. The zero-order valence-electron chi connectivity index (χ0n) is 14.8. The molecule has 2 aromatic carbocycles. The van der Waals surface area contributed by atoms with Crippen LogP contribution in [0.5, 0.6) is 5.75 Å². The number of benzene rings is 2. The lowest BCUT2D eigenvalue weighted by molar-refractivity contribution is -0.274. The van der Waals surface area contributed by atoms with Crippen LogP contribution in [-0.2, 0) is 6.42 Å². The maximum atomic E-state index is 12.6. The van der Waals surface area contributed by atoms with Gasteiger partial charge in [0.2, 0.25) is 0 Å². The summed E-state index contributed by atoms with van der Waals surface area (Å²) in [5.41, 5.74) is 6.95. The number of nitrogen functional groups attached to an aromatic ring is 1. The van der Waals surface area contributed by atoms with Crippen LogP contribution < -0.4 is 16.0 Å². The van der Waals surface area contributed by atoms with Crippen LogP contribution in [0.4, 0.5) is 18.9 Å². The summed E-state index contributed by atoms with van der Waals surface area (Å²) in [6.07, 6.45) is -3.53. The Morgan fingerprint density at radius 3 is 2.69 bits per heavy atom. The number of hydrogen-bond donors (Lipinski definition) is 2. The first-order valence-corrected chi connectivity index (χ1v) is 8.47. The topological polar surface area (TPSA) is 98.8 Å². The van der Waals surface area contributed by atoms with E-state index in [-0.39, 0.29) is 34.6 Å². The summed E-state index contributed by atoms with van der Waals surface area (Å²) in [6.45, 7) is 0. The SMILES string of the molecule is Nc1cccc(-n2ncc3c(=O)[nH]c(Cc4ccccc4OC(F)(F)F)nc32)c1. The van der Waals surface area contributed by atoms with Gasteiger partial charge in [0.1, 0.15) is 17.0 Å². The highest BCUT2D eigenvalue weighted by atomic mass is 19.4. The third-order valence-electron chi connectivity index (χ3n) is 4.16. The normalized spacial score (nSPS) is 11.7. The van der Waals surface area contributed by atoms with Gasteiger partial charge in [0.15, 0.2) is 5.65 Å². The highest BCUT2D eigenvalue weighted by molar-refractivity contribution is 5.75. The third kappa shape index (κ3) is 3.91. The highest BCUT2D eigenvalue weighted by Crippen LogP contribution is 2.27. The molecule has 10 heteroatoms. The molecule has 0 aliphatic carbocycles. The number of H-pyrrole nitrogens is 1. The van der Waals surface area contributed by atoms with Gasteiger partial charge >= 0.3 is 6.36 Å². The smallest absolute Gasteiger partial charge is 0.405 e. The molecule has 4 aromatic rings. The summed E-state index contributed by atoms with van der Waals surface area (Å²) in [5, 5.41) is 4.43. The lowest BCUT2D eigenvalue weighted by atomic mass is 10.1. The first kappa shape index (κ1) is 18.5. The number of fused-ring (bicyclic) bond motifs is 1. The molecule has 2 aromatic heterocycles. The lowest BCUT2D eigenvalue weighted by Gasteiger charge is -2.13. The Morgan fingerprint density at radius 1 is 1.14 bits per heavy atom. The van der Waals surface area contributed by atoms with Gasteiger partial charge in [-0.15, -0.1) is 13.2 Å². The average molecular weight is 401 g/mol. The monoisotopic (exact) mass is 401 g/mol. The summed E-state index contributed by atoms with van der Waals surface area (Å²) in [7, 11) is 0. The number of alkyl halides is 3. The predicted molar refractivity (Wildman–Crippen MR) is 99.8 cm³/mol. The van der Waals surface area contributed by atoms with Crippen molar-refractivity contribution in [3.63, 3.8) is 0 Å². The quantitative estimate of drug-likeness (QED) is 0.512. The molecular weight excluding hydrogens is 387 g/mol. The van der Waals surface area contributed by atoms with Crippen molar-refractivity contribution in [3.05, 3.63) is 76.5 Å². The van der Waals surface area contributed by atoms with Gasteiger partial charge in [0, 0.05) is 17.7 Å². The number of ether oxygens (including phenoxy) is 1. The number of aromatic nitrogens is 4. The second kappa shape index (κ2) is 6.97. The van der Waals surface area contributed by atoms with E-state index in [0.717, 1.165) is 0 Å². The highest BCUT2D eigenvalue weighted by Gasteiger charge is 2.32. The van der Waals surface area contributed by atoms with Crippen LogP contribution in [-0.4, -0.2) is 26.1 Å². The minimum Gasteiger partial charge on any atom is -0.405 e. The molecule has 0 spiro atoms. The van der Waals surface area contributed by atoms with Gasteiger partial charge in [-0.25, -0.2) is 9.67 Å². The number of rotatable bonds is 4. The molecule has 0 radical (unpaired) electrons. The molecule has 0 unspecified atom stereocenters. The Bertz CT molecular complexity index is 1250. The number of nitrogens with one attached hydrogen (secondary N) is 1. The van der Waals surface area contributed by atoms with E-state index in [1.807, 2.05) is 0 Å². The van der Waals surface area contributed by atoms with E-state index in [1.54, 1.807) is 30.3 Å². The van der Waals surface area contributed by atoms with E-state index in [2.05, 4.69) is 19.8 Å². The molecular formula is C19H14F3N5O2. The minimum absolute atomic E-state index is 0.0699. The van der Waals surface area contributed by atoms with Gasteiger partial charge < -0.3 is 15.5 Å². The van der Waals surface area contributed by atoms with E-state index < -0.39 is 11.9 Å². The summed E-state index contributed by atoms with van der Waals surface area (Å²) < 4.78 is 43.4. The second-order valence-electron chi connectivity index (χ2n) is 6.23. The van der Waals surface area contributed by atoms with Crippen LogP contribution in [0.15, 0.2) is 59.5 Å². The van der Waals surface area contributed by atoms with Crippen molar-refractivity contribution < 1.29 is 17.9 Å². The summed E-state index contributed by atoms with van der Waals surface area (Å²) in [6, 6.07) is 12.5. The lowest BCUT2D eigenvalue weighted by Crippen LogP contribution is -2.18. The molecule has 0 saturated carbocycles. The molecule has 0 aliphatic heterocycles. The van der Waals surface area contributed by atoms with Gasteiger partial charge in [-0.1, -0.05) is 24.3 Å². The van der Waals surface area contributed by atoms with Gasteiger partial charge in [0.05, 0.1) is 11.9 Å². The number of para-hydroxylation sites is 1. The van der Waals surface area contributed by atoms with Crippen LogP contribution in [0, 0.1) is 0 Å². The first-order valence-electron chi connectivity index (χ1n) is 8.47. The predicted octanol–water partition coefficient (Wildman–Crippen LogP) is 3.18. The first-order chi connectivity index (χ1) is 13.8. The van der Waals surface area contributed by atoms with Gasteiger partial charge in [-0.2, -0.15) is 5.10 Å². The number of anilines is 1. The molecule has 3 N–H and O–H groups in total. The van der Waals surface area contributed by atoms with Crippen molar-refractivity contribution in [3.8, 4) is 11.4 Å². The maximum Gasteiger partial charge on any atom is 0.573 e. The zero-order valence-corrected chi connectivity index (χ0v) is 14.8. The van der Waals surface area contributed by atoms with Gasteiger partial charge in [0.25, 0.3) is 5.56 Å². The van der Waals surface area contributed by atoms with Crippen molar-refractivity contribution in [2.75, 3.05) is 5.73 Å². The van der Waals surface area contributed by atoms with E-state index in [0.29, 0.717) is 11.4 Å². The zero-order chi connectivity index (χ0) is 20.6. The molecule has 7 nitrogen and oxygen atoms in total. The van der Waals surface area contributed by atoms with Crippen LogP contribution >= 0.6 is 0 Å². The maximum absolute atomic E-state index is 12.6. The Hall–Kier alpha value is -3.82. The Morgan fingerprint density at radius 2 is 1.93 bits per heavy atom. The molecule has 0 fully saturated rings. The van der Waals surface area contributed by atoms with E-state index >= 15 is 0 Å². The fraction of sp³-hybridized carbons (Fsp3) is 0.105. The van der Waals surface area contributed by atoms with Crippen molar-refractivity contribution in [2.24, 2.45) is 0 Å². The van der Waals surface area contributed by atoms with Gasteiger partial charge in [-0.3, -0.25) is 4.79 Å². The molecule has 0 bridgehead atoms. The molecule has 29 heavy (non-hydrogen) atoms. The molecule has 2 heterocycles. The molecule has 0 aliphatic rings. The summed E-state index contributed by atoms with van der Waals surface area (Å²) in [5.74, 6) is -0.182. The molecule has 0 saturated heterocycles. The van der Waals surface area contributed by atoms with Crippen LogP contribution in [0.2, 0.25) is 0 Å². The van der Waals surface area contributed by atoms with Crippen LogP contribution in [0.1, 0.15) is 11.4 Å². The van der Waals surface area contributed by atoms with Crippen LogP contribution in [0.25, 0.3) is 16.7 Å². The number of nitrogens with two attached hydrogens (primary N) is 1. The van der Waals surface area contributed by atoms with E-state index in [9.17, 15) is 18.0 Å². The van der Waals surface area contributed by atoms with Crippen molar-refractivity contribution in [1.82, 2.24) is 19.7 Å². The Labute approximate surface area is 161 Å². The van der Waals surface area contributed by atoms with Crippen molar-refractivity contribution in [2.45, 2.75) is 12.8 Å². The Balaban J connectivity index is 1.77. The summed E-state index contributed by atoms with van der Waals surface area (Å²) in [4.78, 5) is 19.4. The molecule has 148 valence electrons. The summed E-state index contributed by atoms with van der Waals surface area (Å²) >= 11 is 0. The number of halogens is 3. The third-order valence-corrected chi connectivity index (χ3v) is 4.16. The number of nitrogens with zero attached hydrogens (tertiary/aromatic N) is 3. The van der Waals surface area contributed by atoms with E-state index in [1.165, 1.54) is 29.1 Å². The number of aromatic amines is 1. The largest absolute Gasteiger partial charge is 0.573 e. The second-order valence-corrected chi connectivity index (χ2v) is 6.23. The standard InChI is InChI=1S/C19H14F3N5O2/c20-19(21,22)29-15-7-2-1-4-11(15)8-16-25-17-14(18(28)26-16)10-24-27(17)13-6-3-5-12(23)9-13/h1-7,9-10H,8,23H2,(H,25,26,28).